The van der Waals surface area contributed by atoms with Crippen molar-refractivity contribution in [3.05, 3.63) is 41.5 Å². The number of benzene rings is 2. The number of carbonyl (C=O) groups is 2. The molecular weight excluding hydrogens is 424 g/mol. The zero-order valence-corrected chi connectivity index (χ0v) is 18.2. The average molecular weight is 451 g/mol. The Balaban J connectivity index is 1.53. The minimum absolute atomic E-state index is 0.317. The van der Waals surface area contributed by atoms with Crippen LogP contribution in [0, 0.1) is 0 Å². The highest BCUT2D eigenvalue weighted by atomic mass is 16.5. The molecule has 0 aliphatic carbocycles. The quantitative estimate of drug-likeness (QED) is 0.279. The largest absolute Gasteiger partial charge is 0.492 e. The van der Waals surface area contributed by atoms with Crippen LogP contribution in [0.4, 0.5) is 11.9 Å². The molecule has 2 amide bonds. The third-order valence-corrected chi connectivity index (χ3v) is 5.50. The molecule has 0 radical (unpaired) electrons. The molecule has 2 aromatic carbocycles. The Kier molecular flexibility index (Phi) is 5.78. The standard InChI is InChI=1S/C22H26N8O3/c1-2-33-17-11-13(20(24)32)10-15-18(17)30(22(26)28-15)8-4-3-7-29-16-6-5-12(19(23)31)9-14(16)27-21(29)25/h5-6,9-11H,2-4,7-8H2,1H3,(H2,23,31)(H2,24,32)(H2,25,27)(H2,26,28). The molecule has 33 heavy (non-hydrogen) atoms. The van der Waals surface area contributed by atoms with E-state index in [1.54, 1.807) is 30.3 Å². The minimum atomic E-state index is -0.556. The van der Waals surface area contributed by atoms with Gasteiger partial charge in [0.05, 0.1) is 23.2 Å². The Morgan fingerprint density at radius 1 is 0.879 bits per heavy atom. The lowest BCUT2D eigenvalue weighted by Gasteiger charge is -2.12. The Bertz CT molecular complexity index is 1370. The van der Waals surface area contributed by atoms with Gasteiger partial charge in [0.1, 0.15) is 11.3 Å². The van der Waals surface area contributed by atoms with Crippen LogP contribution in [0.2, 0.25) is 0 Å². The molecule has 0 fully saturated rings. The molecule has 8 N–H and O–H groups in total. The van der Waals surface area contributed by atoms with E-state index in [9.17, 15) is 9.59 Å². The second-order valence-electron chi connectivity index (χ2n) is 7.66. The number of unbranched alkanes of at least 4 members (excludes halogenated alkanes) is 1. The lowest BCUT2D eigenvalue weighted by Crippen LogP contribution is -2.11. The SMILES string of the molecule is CCOc1cc(C(N)=O)cc2nc(N)n(CCCCn3c(N)nc4cc(C(N)=O)ccc43)c12. The van der Waals surface area contributed by atoms with Crippen molar-refractivity contribution in [1.82, 2.24) is 19.1 Å². The van der Waals surface area contributed by atoms with E-state index < -0.39 is 11.8 Å². The van der Waals surface area contributed by atoms with Crippen LogP contribution in [0.1, 0.15) is 40.5 Å². The summed E-state index contributed by atoms with van der Waals surface area (Å²) in [4.78, 5) is 31.8. The number of aryl methyl sites for hydroxylation is 2. The number of aromatic nitrogens is 4. The van der Waals surface area contributed by atoms with Crippen LogP contribution in [-0.2, 0) is 13.1 Å². The van der Waals surface area contributed by atoms with Crippen LogP contribution in [0.5, 0.6) is 5.75 Å². The molecule has 0 atom stereocenters. The maximum atomic E-state index is 11.6. The van der Waals surface area contributed by atoms with Crippen molar-refractivity contribution in [1.29, 1.82) is 0 Å². The summed E-state index contributed by atoms with van der Waals surface area (Å²) in [5, 5.41) is 0. The van der Waals surface area contributed by atoms with Crippen LogP contribution < -0.4 is 27.7 Å². The second kappa shape index (κ2) is 8.69. The third-order valence-electron chi connectivity index (χ3n) is 5.50. The fourth-order valence-electron chi connectivity index (χ4n) is 3.96. The third kappa shape index (κ3) is 4.12. The van der Waals surface area contributed by atoms with E-state index in [0.29, 0.717) is 59.5 Å². The number of hydrogen-bond donors (Lipinski definition) is 4. The van der Waals surface area contributed by atoms with Crippen molar-refractivity contribution in [2.24, 2.45) is 11.5 Å². The first-order chi connectivity index (χ1) is 15.8. The molecule has 0 unspecified atom stereocenters. The van der Waals surface area contributed by atoms with Crippen molar-refractivity contribution in [2.45, 2.75) is 32.9 Å². The lowest BCUT2D eigenvalue weighted by atomic mass is 10.1. The highest BCUT2D eigenvalue weighted by Crippen LogP contribution is 2.30. The van der Waals surface area contributed by atoms with Crippen LogP contribution in [0.3, 0.4) is 0 Å². The summed E-state index contributed by atoms with van der Waals surface area (Å²) in [5.41, 5.74) is 26.5. The molecule has 0 aliphatic heterocycles. The van der Waals surface area contributed by atoms with Gasteiger partial charge in [-0.05, 0) is 50.1 Å². The molecule has 11 nitrogen and oxygen atoms in total. The van der Waals surface area contributed by atoms with Crippen molar-refractivity contribution < 1.29 is 14.3 Å². The number of nitrogens with two attached hydrogens (primary N) is 4. The van der Waals surface area contributed by atoms with Crippen molar-refractivity contribution >= 4 is 45.8 Å². The van der Waals surface area contributed by atoms with E-state index in [0.717, 1.165) is 23.9 Å². The lowest BCUT2D eigenvalue weighted by molar-refractivity contribution is 0.0992. The van der Waals surface area contributed by atoms with Crippen molar-refractivity contribution in [2.75, 3.05) is 18.1 Å². The predicted molar refractivity (Wildman–Crippen MR) is 126 cm³/mol. The molecule has 0 aliphatic rings. The zero-order chi connectivity index (χ0) is 23.7. The van der Waals surface area contributed by atoms with Gasteiger partial charge in [-0.15, -0.1) is 0 Å². The molecule has 0 bridgehead atoms. The van der Waals surface area contributed by atoms with Crippen LogP contribution in [-0.4, -0.2) is 37.5 Å². The summed E-state index contributed by atoms with van der Waals surface area (Å²) < 4.78 is 9.51. The fourth-order valence-corrected chi connectivity index (χ4v) is 3.96. The molecular formula is C22H26N8O3. The maximum Gasteiger partial charge on any atom is 0.248 e. The number of anilines is 2. The van der Waals surface area contributed by atoms with Crippen LogP contribution >= 0.6 is 0 Å². The molecule has 0 saturated heterocycles. The first-order valence-corrected chi connectivity index (χ1v) is 10.6. The van der Waals surface area contributed by atoms with Gasteiger partial charge in [-0.2, -0.15) is 0 Å². The Morgan fingerprint density at radius 3 is 2.15 bits per heavy atom. The topological polar surface area (TPSA) is 183 Å². The number of hydrogen-bond acceptors (Lipinski definition) is 7. The number of fused-ring (bicyclic) bond motifs is 2. The number of rotatable bonds is 9. The first-order valence-electron chi connectivity index (χ1n) is 10.6. The average Bonchev–Trinajstić information content (AvgIpc) is 3.26. The Labute approximate surface area is 189 Å². The summed E-state index contributed by atoms with van der Waals surface area (Å²) >= 11 is 0. The highest BCUT2D eigenvalue weighted by Gasteiger charge is 2.17. The fraction of sp³-hybridized carbons (Fsp3) is 0.273. The number of primary amides is 2. The summed E-state index contributed by atoms with van der Waals surface area (Å²) in [6.07, 6.45) is 1.56. The number of amides is 2. The molecule has 4 rings (SSSR count). The normalized spacial score (nSPS) is 11.3. The smallest absolute Gasteiger partial charge is 0.248 e. The summed E-state index contributed by atoms with van der Waals surface area (Å²) in [6.45, 7) is 3.51. The molecule has 2 heterocycles. The van der Waals surface area contributed by atoms with Gasteiger partial charge in [0.15, 0.2) is 0 Å². The van der Waals surface area contributed by atoms with Gasteiger partial charge >= 0.3 is 0 Å². The molecule has 2 aromatic heterocycles. The van der Waals surface area contributed by atoms with Gasteiger partial charge in [0, 0.05) is 24.2 Å². The van der Waals surface area contributed by atoms with E-state index in [1.807, 2.05) is 16.1 Å². The second-order valence-corrected chi connectivity index (χ2v) is 7.66. The molecule has 172 valence electrons. The molecule has 4 aromatic rings. The van der Waals surface area contributed by atoms with Crippen LogP contribution in [0.15, 0.2) is 30.3 Å². The van der Waals surface area contributed by atoms with Crippen molar-refractivity contribution in [3.8, 4) is 5.75 Å². The highest BCUT2D eigenvalue weighted by molar-refractivity contribution is 5.99. The van der Waals surface area contributed by atoms with Gasteiger partial charge < -0.3 is 36.8 Å². The monoisotopic (exact) mass is 450 g/mol. The molecule has 0 saturated carbocycles. The maximum absolute atomic E-state index is 11.6. The Hall–Kier alpha value is -4.28. The molecule has 0 spiro atoms. The van der Waals surface area contributed by atoms with Gasteiger partial charge in [0.25, 0.3) is 0 Å². The zero-order valence-electron chi connectivity index (χ0n) is 18.2. The summed E-state index contributed by atoms with van der Waals surface area (Å²) in [6, 6.07) is 8.33. The number of nitrogens with zero attached hydrogens (tertiary/aromatic N) is 4. The number of imidazole rings is 2. The molecule has 11 heteroatoms. The summed E-state index contributed by atoms with van der Waals surface area (Å²) in [5.74, 6) is 0.155. The minimum Gasteiger partial charge on any atom is -0.492 e. The van der Waals surface area contributed by atoms with E-state index in [4.69, 9.17) is 27.7 Å². The van der Waals surface area contributed by atoms with Gasteiger partial charge in [-0.25, -0.2) is 9.97 Å². The van der Waals surface area contributed by atoms with E-state index >= 15 is 0 Å². The van der Waals surface area contributed by atoms with E-state index in [2.05, 4.69) is 9.97 Å². The van der Waals surface area contributed by atoms with Gasteiger partial charge in [-0.1, -0.05) is 0 Å². The van der Waals surface area contributed by atoms with Gasteiger partial charge in [0.2, 0.25) is 23.7 Å². The Morgan fingerprint density at radius 2 is 1.48 bits per heavy atom. The number of carbonyl (C=O) groups excluding carboxylic acids is 2. The van der Waals surface area contributed by atoms with Gasteiger partial charge in [-0.3, -0.25) is 9.59 Å². The summed E-state index contributed by atoms with van der Waals surface area (Å²) in [7, 11) is 0. The van der Waals surface area contributed by atoms with Crippen LogP contribution in [0.25, 0.3) is 22.1 Å². The predicted octanol–water partition coefficient (Wildman–Crippen LogP) is 1.63. The number of ether oxygens (including phenoxy) is 1. The van der Waals surface area contributed by atoms with E-state index in [-0.39, 0.29) is 0 Å². The van der Waals surface area contributed by atoms with E-state index in [1.165, 1.54) is 0 Å². The first kappa shape index (κ1) is 21.9. The number of nitrogen functional groups attached to an aromatic ring is 2. The van der Waals surface area contributed by atoms with Crippen molar-refractivity contribution in [3.63, 3.8) is 0 Å².